The van der Waals surface area contributed by atoms with Crippen LogP contribution in [0.5, 0.6) is 5.75 Å². The van der Waals surface area contributed by atoms with Crippen LogP contribution in [0.1, 0.15) is 44.2 Å². The van der Waals surface area contributed by atoms with Gasteiger partial charge in [-0.05, 0) is 50.3 Å². The molecular formula is C18H24O5. The van der Waals surface area contributed by atoms with Gasteiger partial charge in [-0.15, -0.1) is 0 Å². The zero-order chi connectivity index (χ0) is 17.0. The Morgan fingerprint density at radius 3 is 2.39 bits per heavy atom. The predicted molar refractivity (Wildman–Crippen MR) is 85.4 cm³/mol. The zero-order valence-electron chi connectivity index (χ0n) is 14.1. The van der Waals surface area contributed by atoms with Crippen molar-refractivity contribution in [3.8, 4) is 5.75 Å². The Labute approximate surface area is 136 Å². The van der Waals surface area contributed by atoms with Crippen molar-refractivity contribution in [3.05, 3.63) is 29.3 Å². The van der Waals surface area contributed by atoms with Crippen LogP contribution in [0.2, 0.25) is 0 Å². The molecule has 0 saturated heterocycles. The summed E-state index contributed by atoms with van der Waals surface area (Å²) in [5.41, 5.74) is 2.17. The van der Waals surface area contributed by atoms with Crippen LogP contribution in [0.15, 0.2) is 18.2 Å². The van der Waals surface area contributed by atoms with E-state index in [9.17, 15) is 9.59 Å². The molecule has 23 heavy (non-hydrogen) atoms. The number of fused-ring (bicyclic) bond motifs is 1. The SMILES string of the molecule is CCOC(=O)C(C(=O)OCC)C1CC(C)c2ccc(C)cc2O1. The van der Waals surface area contributed by atoms with Crippen molar-refractivity contribution in [2.75, 3.05) is 13.2 Å². The first-order valence-corrected chi connectivity index (χ1v) is 8.08. The highest BCUT2D eigenvalue weighted by molar-refractivity contribution is 5.95. The number of ether oxygens (including phenoxy) is 3. The largest absolute Gasteiger partial charge is 0.489 e. The van der Waals surface area contributed by atoms with Gasteiger partial charge in [-0.1, -0.05) is 19.1 Å². The van der Waals surface area contributed by atoms with Gasteiger partial charge in [-0.25, -0.2) is 0 Å². The average molecular weight is 320 g/mol. The van der Waals surface area contributed by atoms with Crippen LogP contribution in [-0.2, 0) is 19.1 Å². The molecule has 1 aliphatic rings. The number of hydrogen-bond donors (Lipinski definition) is 0. The minimum absolute atomic E-state index is 0.190. The third kappa shape index (κ3) is 3.84. The summed E-state index contributed by atoms with van der Waals surface area (Å²) in [6.07, 6.45) is -0.00404. The molecule has 0 saturated carbocycles. The maximum Gasteiger partial charge on any atom is 0.324 e. The predicted octanol–water partition coefficient (Wildman–Crippen LogP) is 2.99. The second-order valence-electron chi connectivity index (χ2n) is 5.82. The number of rotatable bonds is 5. The standard InChI is InChI=1S/C18H24O5/c1-5-21-17(19)16(18(20)22-6-2)15-10-12(4)13-8-7-11(3)9-14(13)23-15/h7-9,12,15-16H,5-6,10H2,1-4H3. The van der Waals surface area contributed by atoms with Crippen LogP contribution in [-0.4, -0.2) is 31.3 Å². The van der Waals surface area contributed by atoms with E-state index in [0.29, 0.717) is 6.42 Å². The van der Waals surface area contributed by atoms with Crippen LogP contribution in [0.4, 0.5) is 0 Å². The Morgan fingerprint density at radius 2 is 1.83 bits per heavy atom. The Balaban J connectivity index is 2.29. The minimum atomic E-state index is -1.05. The lowest BCUT2D eigenvalue weighted by Gasteiger charge is -2.33. The highest BCUT2D eigenvalue weighted by Crippen LogP contribution is 2.39. The van der Waals surface area contributed by atoms with E-state index in [0.717, 1.165) is 16.9 Å². The summed E-state index contributed by atoms with van der Waals surface area (Å²) in [4.78, 5) is 24.5. The molecule has 0 N–H and O–H groups in total. The molecule has 2 atom stereocenters. The summed E-state index contributed by atoms with van der Waals surface area (Å²) < 4.78 is 16.1. The fraction of sp³-hybridized carbons (Fsp3) is 0.556. The Kier molecular flexibility index (Phi) is 5.64. The molecule has 2 rings (SSSR count). The number of aryl methyl sites for hydroxylation is 1. The van der Waals surface area contributed by atoms with Crippen molar-refractivity contribution < 1.29 is 23.8 Å². The third-order valence-corrected chi connectivity index (χ3v) is 4.02. The van der Waals surface area contributed by atoms with Gasteiger partial charge in [0.15, 0.2) is 5.92 Å². The molecule has 1 aromatic carbocycles. The smallest absolute Gasteiger partial charge is 0.324 e. The first-order chi connectivity index (χ1) is 11.0. The first-order valence-electron chi connectivity index (χ1n) is 8.08. The summed E-state index contributed by atoms with van der Waals surface area (Å²) >= 11 is 0. The third-order valence-electron chi connectivity index (χ3n) is 4.02. The van der Waals surface area contributed by atoms with E-state index in [1.807, 2.05) is 25.1 Å². The van der Waals surface area contributed by atoms with Gasteiger partial charge in [-0.2, -0.15) is 0 Å². The molecule has 0 bridgehead atoms. The molecule has 0 spiro atoms. The number of carbonyl (C=O) groups excluding carboxylic acids is 2. The highest BCUT2D eigenvalue weighted by Gasteiger charge is 2.42. The quantitative estimate of drug-likeness (QED) is 0.616. The van der Waals surface area contributed by atoms with Crippen molar-refractivity contribution in [1.29, 1.82) is 0 Å². The van der Waals surface area contributed by atoms with Gasteiger partial charge in [0.2, 0.25) is 0 Å². The molecule has 0 aliphatic carbocycles. The summed E-state index contributed by atoms with van der Waals surface area (Å²) in [5.74, 6) is -1.30. The molecule has 0 aromatic heterocycles. The summed E-state index contributed by atoms with van der Waals surface area (Å²) in [7, 11) is 0. The van der Waals surface area contributed by atoms with Crippen LogP contribution in [0.3, 0.4) is 0 Å². The van der Waals surface area contributed by atoms with Gasteiger partial charge in [-0.3, -0.25) is 9.59 Å². The second kappa shape index (κ2) is 7.49. The van der Waals surface area contributed by atoms with Crippen molar-refractivity contribution in [3.63, 3.8) is 0 Å². The van der Waals surface area contributed by atoms with Crippen LogP contribution in [0, 0.1) is 12.8 Å². The van der Waals surface area contributed by atoms with Crippen molar-refractivity contribution in [2.45, 2.75) is 46.1 Å². The molecule has 1 aliphatic heterocycles. The Morgan fingerprint density at radius 1 is 1.22 bits per heavy atom. The Bertz CT molecular complexity index is 563. The Hall–Kier alpha value is -2.04. The van der Waals surface area contributed by atoms with E-state index in [4.69, 9.17) is 14.2 Å². The normalized spacial score (nSPS) is 19.7. The lowest BCUT2D eigenvalue weighted by Crippen LogP contribution is -2.43. The monoisotopic (exact) mass is 320 g/mol. The van der Waals surface area contributed by atoms with Crippen molar-refractivity contribution >= 4 is 11.9 Å². The van der Waals surface area contributed by atoms with Crippen molar-refractivity contribution in [2.24, 2.45) is 5.92 Å². The maximum atomic E-state index is 12.2. The molecule has 0 fully saturated rings. The van der Waals surface area contributed by atoms with Gasteiger partial charge in [0.05, 0.1) is 13.2 Å². The fourth-order valence-corrected chi connectivity index (χ4v) is 2.91. The van der Waals surface area contributed by atoms with Gasteiger partial charge in [0.25, 0.3) is 0 Å². The van der Waals surface area contributed by atoms with Gasteiger partial charge < -0.3 is 14.2 Å². The minimum Gasteiger partial charge on any atom is -0.489 e. The van der Waals surface area contributed by atoms with Gasteiger partial charge >= 0.3 is 11.9 Å². The summed E-state index contributed by atoms with van der Waals surface area (Å²) in [6, 6.07) is 6.01. The highest BCUT2D eigenvalue weighted by atomic mass is 16.6. The molecule has 5 heteroatoms. The first kappa shape index (κ1) is 17.3. The van der Waals surface area contributed by atoms with Crippen molar-refractivity contribution in [1.82, 2.24) is 0 Å². The molecule has 0 amide bonds. The molecular weight excluding hydrogens is 296 g/mol. The number of esters is 2. The molecule has 0 radical (unpaired) electrons. The molecule has 126 valence electrons. The number of benzene rings is 1. The molecule has 2 unspecified atom stereocenters. The molecule has 5 nitrogen and oxygen atoms in total. The van der Waals surface area contributed by atoms with Gasteiger partial charge in [0, 0.05) is 0 Å². The summed E-state index contributed by atoms with van der Waals surface area (Å²) in [5, 5.41) is 0. The second-order valence-corrected chi connectivity index (χ2v) is 5.82. The lowest BCUT2D eigenvalue weighted by atomic mass is 9.86. The van der Waals surface area contributed by atoms with Crippen LogP contribution in [0.25, 0.3) is 0 Å². The van der Waals surface area contributed by atoms with Gasteiger partial charge in [0.1, 0.15) is 11.9 Å². The average Bonchev–Trinajstić information content (AvgIpc) is 2.47. The summed E-state index contributed by atoms with van der Waals surface area (Å²) in [6.45, 7) is 7.90. The molecule has 1 aromatic rings. The molecule has 1 heterocycles. The van der Waals surface area contributed by atoms with E-state index >= 15 is 0 Å². The lowest BCUT2D eigenvalue weighted by molar-refractivity contribution is -0.166. The number of carbonyl (C=O) groups is 2. The maximum absolute atomic E-state index is 12.2. The van der Waals surface area contributed by atoms with E-state index < -0.39 is 24.0 Å². The van der Waals surface area contributed by atoms with E-state index in [1.54, 1.807) is 13.8 Å². The van der Waals surface area contributed by atoms with E-state index in [1.165, 1.54) is 0 Å². The van der Waals surface area contributed by atoms with E-state index in [2.05, 4.69) is 6.92 Å². The topological polar surface area (TPSA) is 61.8 Å². The van der Waals surface area contributed by atoms with E-state index in [-0.39, 0.29) is 19.1 Å². The number of hydrogen-bond acceptors (Lipinski definition) is 5. The van der Waals surface area contributed by atoms with Crippen LogP contribution < -0.4 is 4.74 Å². The fourth-order valence-electron chi connectivity index (χ4n) is 2.91. The van der Waals surface area contributed by atoms with Crippen LogP contribution >= 0.6 is 0 Å². The zero-order valence-corrected chi connectivity index (χ0v) is 14.1.